The van der Waals surface area contributed by atoms with Crippen LogP contribution >= 0.6 is 35.2 Å². The average Bonchev–Trinajstić information content (AvgIpc) is 2.64. The summed E-state index contributed by atoms with van der Waals surface area (Å²) >= 11 is 11.9. The molecule has 0 atom stereocenters. The number of carbonyl (C=O) groups is 1. The molecule has 0 fully saturated rings. The number of aromatic amines is 1. The van der Waals surface area contributed by atoms with E-state index in [9.17, 15) is 4.79 Å². The maximum absolute atomic E-state index is 10.7. The smallest absolute Gasteiger partial charge is 0.340 e. The number of carboxylic acids is 1. The van der Waals surface area contributed by atoms with Crippen molar-refractivity contribution in [1.82, 2.24) is 15.0 Å². The van der Waals surface area contributed by atoms with E-state index in [0.29, 0.717) is 16.0 Å². The fourth-order valence-electron chi connectivity index (χ4n) is 1.02. The lowest BCUT2D eigenvalue weighted by Gasteiger charge is -1.98. The second-order valence-electron chi connectivity index (χ2n) is 2.76. The summed E-state index contributed by atoms with van der Waals surface area (Å²) in [5.41, 5.74) is -0.0404. The van der Waals surface area contributed by atoms with Gasteiger partial charge < -0.3 is 10.1 Å². The SMILES string of the molecule is O=C(O)c1cnc(-c2nc(Cl)cs2)[nH]c1=S. The Balaban J connectivity index is 2.50. The maximum atomic E-state index is 10.7. The predicted molar refractivity (Wildman–Crippen MR) is 62.5 cm³/mol. The third-order valence-electron chi connectivity index (χ3n) is 1.71. The van der Waals surface area contributed by atoms with Gasteiger partial charge in [0.2, 0.25) is 0 Å². The van der Waals surface area contributed by atoms with Crippen LogP contribution in [-0.4, -0.2) is 26.0 Å². The quantitative estimate of drug-likeness (QED) is 0.822. The van der Waals surface area contributed by atoms with Gasteiger partial charge in [-0.05, 0) is 0 Å². The number of rotatable bonds is 2. The van der Waals surface area contributed by atoms with Gasteiger partial charge in [0.25, 0.3) is 0 Å². The molecule has 0 spiro atoms. The van der Waals surface area contributed by atoms with E-state index < -0.39 is 5.97 Å². The molecule has 8 heteroatoms. The van der Waals surface area contributed by atoms with Crippen LogP contribution in [0, 0.1) is 4.64 Å². The molecule has 82 valence electrons. The van der Waals surface area contributed by atoms with E-state index in [1.807, 2.05) is 0 Å². The lowest BCUT2D eigenvalue weighted by Crippen LogP contribution is -2.01. The summed E-state index contributed by atoms with van der Waals surface area (Å²) in [5.74, 6) is -0.704. The number of aromatic carboxylic acids is 1. The van der Waals surface area contributed by atoms with Crippen LogP contribution in [0.4, 0.5) is 0 Å². The molecular weight excluding hydrogens is 270 g/mol. The van der Waals surface area contributed by atoms with E-state index in [-0.39, 0.29) is 10.2 Å². The van der Waals surface area contributed by atoms with Crippen molar-refractivity contribution in [2.24, 2.45) is 0 Å². The van der Waals surface area contributed by atoms with E-state index in [1.54, 1.807) is 5.38 Å². The van der Waals surface area contributed by atoms with E-state index in [0.717, 1.165) is 0 Å². The van der Waals surface area contributed by atoms with Crippen LogP contribution in [0.3, 0.4) is 0 Å². The summed E-state index contributed by atoms with van der Waals surface area (Å²) in [4.78, 5) is 21.3. The largest absolute Gasteiger partial charge is 0.478 e. The minimum Gasteiger partial charge on any atom is -0.478 e. The number of hydrogen-bond donors (Lipinski definition) is 2. The molecule has 0 bridgehead atoms. The maximum Gasteiger partial charge on any atom is 0.340 e. The molecule has 0 saturated heterocycles. The van der Waals surface area contributed by atoms with E-state index >= 15 is 0 Å². The summed E-state index contributed by atoms with van der Waals surface area (Å²) in [7, 11) is 0. The summed E-state index contributed by atoms with van der Waals surface area (Å²) in [5, 5.41) is 11.4. The first kappa shape index (κ1) is 11.2. The zero-order valence-electron chi connectivity index (χ0n) is 7.60. The number of aromatic nitrogens is 3. The first-order valence-electron chi connectivity index (χ1n) is 4.02. The Morgan fingerprint density at radius 1 is 1.62 bits per heavy atom. The summed E-state index contributed by atoms with van der Waals surface area (Å²) in [6.07, 6.45) is 1.20. The number of nitrogens with one attached hydrogen (secondary N) is 1. The zero-order valence-corrected chi connectivity index (χ0v) is 9.99. The van der Waals surface area contributed by atoms with Gasteiger partial charge in [0, 0.05) is 11.6 Å². The lowest BCUT2D eigenvalue weighted by molar-refractivity contribution is 0.0695. The highest BCUT2D eigenvalue weighted by Crippen LogP contribution is 2.22. The van der Waals surface area contributed by atoms with E-state index in [4.69, 9.17) is 28.9 Å². The molecule has 2 rings (SSSR count). The first-order valence-corrected chi connectivity index (χ1v) is 5.68. The molecular formula is C8H4ClN3O2S2. The van der Waals surface area contributed by atoms with Gasteiger partial charge in [-0.2, -0.15) is 0 Å². The Hall–Kier alpha value is -1.31. The molecule has 5 nitrogen and oxygen atoms in total. The molecule has 0 aliphatic heterocycles. The molecule has 0 aliphatic carbocycles. The molecule has 0 unspecified atom stereocenters. The van der Waals surface area contributed by atoms with Crippen molar-refractivity contribution in [2.45, 2.75) is 0 Å². The monoisotopic (exact) mass is 273 g/mol. The molecule has 16 heavy (non-hydrogen) atoms. The summed E-state index contributed by atoms with van der Waals surface area (Å²) in [6, 6.07) is 0. The van der Waals surface area contributed by atoms with Gasteiger partial charge >= 0.3 is 5.97 Å². The third-order valence-corrected chi connectivity index (χ3v) is 3.20. The van der Waals surface area contributed by atoms with Crippen molar-refractivity contribution in [2.75, 3.05) is 0 Å². The summed E-state index contributed by atoms with van der Waals surface area (Å²) < 4.78 is 0.115. The Kier molecular flexibility index (Phi) is 2.99. The van der Waals surface area contributed by atoms with Gasteiger partial charge in [0.1, 0.15) is 15.4 Å². The van der Waals surface area contributed by atoms with Gasteiger partial charge in [0.05, 0.1) is 0 Å². The van der Waals surface area contributed by atoms with Gasteiger partial charge in [-0.1, -0.05) is 23.8 Å². The molecule has 2 heterocycles. The highest BCUT2D eigenvalue weighted by atomic mass is 35.5. The minimum atomic E-state index is -1.11. The zero-order chi connectivity index (χ0) is 11.7. The van der Waals surface area contributed by atoms with Crippen molar-refractivity contribution in [3.63, 3.8) is 0 Å². The van der Waals surface area contributed by atoms with Crippen LogP contribution in [0.5, 0.6) is 0 Å². The molecule has 0 saturated carbocycles. The number of H-pyrrole nitrogens is 1. The molecule has 2 aromatic heterocycles. The Morgan fingerprint density at radius 2 is 2.38 bits per heavy atom. The Labute approximate surface area is 104 Å². The van der Waals surface area contributed by atoms with E-state index in [1.165, 1.54) is 17.5 Å². The number of nitrogens with zero attached hydrogens (tertiary/aromatic N) is 2. The topological polar surface area (TPSA) is 78.9 Å². The molecule has 0 aromatic carbocycles. The lowest BCUT2D eigenvalue weighted by atomic mass is 10.3. The molecule has 0 aliphatic rings. The van der Waals surface area contributed by atoms with Gasteiger partial charge in [-0.3, -0.25) is 0 Å². The highest BCUT2D eigenvalue weighted by Gasteiger charge is 2.10. The van der Waals surface area contributed by atoms with Crippen LogP contribution in [0.25, 0.3) is 10.8 Å². The van der Waals surface area contributed by atoms with E-state index in [2.05, 4.69) is 15.0 Å². The van der Waals surface area contributed by atoms with Crippen LogP contribution in [0.15, 0.2) is 11.6 Å². The van der Waals surface area contributed by atoms with Gasteiger partial charge in [0.15, 0.2) is 10.8 Å². The first-order chi connectivity index (χ1) is 7.58. The van der Waals surface area contributed by atoms with Crippen molar-refractivity contribution in [3.8, 4) is 10.8 Å². The second-order valence-corrected chi connectivity index (χ2v) is 4.41. The predicted octanol–water partition coefficient (Wildman–Crippen LogP) is 2.61. The Morgan fingerprint density at radius 3 is 2.88 bits per heavy atom. The fraction of sp³-hybridized carbons (Fsp3) is 0. The number of thiazole rings is 1. The number of halogens is 1. The summed E-state index contributed by atoms with van der Waals surface area (Å²) in [6.45, 7) is 0. The highest BCUT2D eigenvalue weighted by molar-refractivity contribution is 7.71. The van der Waals surface area contributed by atoms with Gasteiger partial charge in [-0.15, -0.1) is 11.3 Å². The average molecular weight is 274 g/mol. The van der Waals surface area contributed by atoms with Crippen molar-refractivity contribution in [3.05, 3.63) is 26.9 Å². The van der Waals surface area contributed by atoms with Crippen LogP contribution < -0.4 is 0 Å². The van der Waals surface area contributed by atoms with Gasteiger partial charge in [-0.25, -0.2) is 14.8 Å². The Bertz CT molecular complexity index is 607. The van der Waals surface area contributed by atoms with Crippen molar-refractivity contribution < 1.29 is 9.90 Å². The molecule has 2 aromatic rings. The number of hydrogen-bond acceptors (Lipinski definition) is 5. The van der Waals surface area contributed by atoms with Crippen molar-refractivity contribution in [1.29, 1.82) is 0 Å². The van der Waals surface area contributed by atoms with Crippen LogP contribution in [0.1, 0.15) is 10.4 Å². The molecule has 0 radical (unpaired) electrons. The number of carboxylic acid groups (broad SMARTS) is 1. The molecule has 2 N–H and O–H groups in total. The second kappa shape index (κ2) is 4.28. The third kappa shape index (κ3) is 2.11. The standard InChI is InChI=1S/C8H4ClN3O2S2/c9-4-2-16-7(11-4)5-10-1-3(8(13)14)6(15)12-5/h1-2H,(H,13,14)(H,10,12,15). The fourth-order valence-corrected chi connectivity index (χ4v) is 2.15. The van der Waals surface area contributed by atoms with Crippen LogP contribution in [0.2, 0.25) is 5.15 Å². The van der Waals surface area contributed by atoms with Crippen molar-refractivity contribution >= 4 is 41.1 Å². The minimum absolute atomic E-state index is 0.0404. The normalized spacial score (nSPS) is 10.3. The molecule has 0 amide bonds. The van der Waals surface area contributed by atoms with Crippen LogP contribution in [-0.2, 0) is 0 Å².